The van der Waals surface area contributed by atoms with Gasteiger partial charge < -0.3 is 37.6 Å². The fourth-order valence-corrected chi connectivity index (χ4v) is 4.31. The van der Waals surface area contributed by atoms with Crippen molar-refractivity contribution in [3.05, 3.63) is 65.7 Å². The van der Waals surface area contributed by atoms with Crippen molar-refractivity contribution in [3.63, 3.8) is 0 Å². The summed E-state index contributed by atoms with van der Waals surface area (Å²) in [4.78, 5) is 51.5. The first kappa shape index (κ1) is 33.2. The molecule has 224 valence electrons. The van der Waals surface area contributed by atoms with Crippen LogP contribution < -0.4 is 27.4 Å². The Morgan fingerprint density at radius 2 is 1.32 bits per heavy atom. The third-order valence-corrected chi connectivity index (χ3v) is 6.55. The molecule has 0 heterocycles. The number of carboxylic acid groups (broad SMARTS) is 1. The molecular formula is C30H43N5O6. The minimum atomic E-state index is -1.17. The van der Waals surface area contributed by atoms with Gasteiger partial charge in [0.25, 0.3) is 0 Å². The number of amides is 3. The summed E-state index contributed by atoms with van der Waals surface area (Å²) in [6, 6.07) is 11.3. The van der Waals surface area contributed by atoms with Crippen LogP contribution in [0.4, 0.5) is 0 Å². The largest absolute Gasteiger partial charge is 0.508 e. The molecule has 2 rings (SSSR count). The zero-order chi connectivity index (χ0) is 30.4. The molecular weight excluding hydrogens is 526 g/mol. The van der Waals surface area contributed by atoms with Gasteiger partial charge >= 0.3 is 5.97 Å². The summed E-state index contributed by atoms with van der Waals surface area (Å²) in [5.41, 5.74) is 13.2. The zero-order valence-electron chi connectivity index (χ0n) is 23.7. The predicted molar refractivity (Wildman–Crippen MR) is 156 cm³/mol. The normalized spacial score (nSPS) is 14.0. The molecule has 0 fully saturated rings. The van der Waals surface area contributed by atoms with Crippen molar-refractivity contribution in [2.24, 2.45) is 17.4 Å². The number of carbonyl (C=O) groups is 4. The maximum absolute atomic E-state index is 13.5. The van der Waals surface area contributed by atoms with Crippen LogP contribution in [0.3, 0.4) is 0 Å². The van der Waals surface area contributed by atoms with E-state index in [-0.39, 0.29) is 37.4 Å². The van der Waals surface area contributed by atoms with Gasteiger partial charge in [-0.3, -0.25) is 14.4 Å². The van der Waals surface area contributed by atoms with E-state index in [0.717, 1.165) is 5.56 Å². The van der Waals surface area contributed by atoms with Crippen molar-refractivity contribution in [1.29, 1.82) is 0 Å². The Morgan fingerprint density at radius 3 is 1.90 bits per heavy atom. The van der Waals surface area contributed by atoms with Gasteiger partial charge in [-0.1, -0.05) is 56.3 Å². The maximum atomic E-state index is 13.5. The molecule has 2 aromatic carbocycles. The van der Waals surface area contributed by atoms with Gasteiger partial charge in [-0.2, -0.15) is 0 Å². The number of hydrogen-bond donors (Lipinski definition) is 7. The number of nitrogens with one attached hydrogen (secondary N) is 3. The van der Waals surface area contributed by atoms with E-state index in [0.29, 0.717) is 24.9 Å². The number of benzene rings is 2. The van der Waals surface area contributed by atoms with Crippen molar-refractivity contribution in [2.75, 3.05) is 6.54 Å². The third kappa shape index (κ3) is 12.0. The number of aromatic hydroxyl groups is 1. The van der Waals surface area contributed by atoms with Crippen LogP contribution in [-0.4, -0.2) is 64.6 Å². The molecule has 4 atom stereocenters. The highest BCUT2D eigenvalue weighted by atomic mass is 16.4. The Hall–Kier alpha value is -3.96. The molecule has 0 aliphatic heterocycles. The van der Waals surface area contributed by atoms with Gasteiger partial charge in [0.1, 0.15) is 23.9 Å². The predicted octanol–water partition coefficient (Wildman–Crippen LogP) is 1.22. The smallest absolute Gasteiger partial charge is 0.326 e. The lowest BCUT2D eigenvalue weighted by Crippen LogP contribution is -2.58. The molecule has 0 saturated carbocycles. The number of nitrogens with two attached hydrogens (primary N) is 2. The highest BCUT2D eigenvalue weighted by molar-refractivity contribution is 5.94. The third-order valence-electron chi connectivity index (χ3n) is 6.55. The van der Waals surface area contributed by atoms with Crippen molar-refractivity contribution in [3.8, 4) is 5.75 Å². The second kappa shape index (κ2) is 17.0. The second-order valence-corrected chi connectivity index (χ2v) is 10.6. The van der Waals surface area contributed by atoms with E-state index in [1.165, 1.54) is 12.1 Å². The Bertz CT molecular complexity index is 1130. The van der Waals surface area contributed by atoms with Crippen LogP contribution in [-0.2, 0) is 32.0 Å². The Labute approximate surface area is 241 Å². The van der Waals surface area contributed by atoms with Crippen LogP contribution in [0, 0.1) is 5.92 Å². The molecule has 11 heteroatoms. The molecule has 4 unspecified atom stereocenters. The molecule has 11 nitrogen and oxygen atoms in total. The minimum Gasteiger partial charge on any atom is -0.508 e. The van der Waals surface area contributed by atoms with Crippen LogP contribution in [0.5, 0.6) is 5.75 Å². The molecule has 0 aliphatic rings. The first-order valence-electron chi connectivity index (χ1n) is 13.9. The summed E-state index contributed by atoms with van der Waals surface area (Å²) in [6.07, 6.45) is 1.94. The van der Waals surface area contributed by atoms with Gasteiger partial charge in [-0.25, -0.2) is 4.79 Å². The van der Waals surface area contributed by atoms with Crippen molar-refractivity contribution in [2.45, 2.75) is 76.5 Å². The Morgan fingerprint density at radius 1 is 0.756 bits per heavy atom. The number of carbonyl (C=O) groups excluding carboxylic acids is 3. The molecule has 0 aromatic heterocycles. The summed E-state index contributed by atoms with van der Waals surface area (Å²) in [5.74, 6) is -2.90. The summed E-state index contributed by atoms with van der Waals surface area (Å²) in [6.45, 7) is 4.16. The zero-order valence-corrected chi connectivity index (χ0v) is 23.7. The standard InChI is InChI=1S/C30H43N5O6/c1-19(2)16-25(28(38)33-24(30(40)41)10-6-7-15-31)35-29(39)26(18-21-11-13-22(36)14-12-21)34-27(37)23(32)17-20-8-4-3-5-9-20/h3-5,8-9,11-14,19,23-26,36H,6-7,10,15-18,31-32H2,1-2H3,(H,33,38)(H,34,37)(H,35,39)(H,40,41). The first-order chi connectivity index (χ1) is 19.5. The van der Waals surface area contributed by atoms with Crippen LogP contribution in [0.1, 0.15) is 50.7 Å². The van der Waals surface area contributed by atoms with E-state index < -0.39 is 47.9 Å². The Kier molecular flexibility index (Phi) is 13.8. The highest BCUT2D eigenvalue weighted by Crippen LogP contribution is 2.13. The monoisotopic (exact) mass is 569 g/mol. The summed E-state index contributed by atoms with van der Waals surface area (Å²) >= 11 is 0. The molecule has 0 bridgehead atoms. The summed E-state index contributed by atoms with van der Waals surface area (Å²) in [5, 5.41) is 27.2. The lowest BCUT2D eigenvalue weighted by molar-refractivity contribution is -0.142. The maximum Gasteiger partial charge on any atom is 0.326 e. The molecule has 3 amide bonds. The van der Waals surface area contributed by atoms with E-state index in [1.54, 1.807) is 12.1 Å². The Balaban J connectivity index is 2.21. The van der Waals surface area contributed by atoms with E-state index in [1.807, 2.05) is 44.2 Å². The van der Waals surface area contributed by atoms with Crippen molar-refractivity contribution in [1.82, 2.24) is 16.0 Å². The van der Waals surface area contributed by atoms with Crippen LogP contribution in [0.25, 0.3) is 0 Å². The van der Waals surface area contributed by atoms with Gasteiger partial charge in [-0.05, 0) is 67.8 Å². The lowest BCUT2D eigenvalue weighted by Gasteiger charge is -2.26. The molecule has 0 radical (unpaired) electrons. The van der Waals surface area contributed by atoms with Gasteiger partial charge in [0, 0.05) is 6.42 Å². The lowest BCUT2D eigenvalue weighted by atomic mass is 9.99. The fraction of sp³-hybridized carbons (Fsp3) is 0.467. The molecule has 41 heavy (non-hydrogen) atoms. The first-order valence-corrected chi connectivity index (χ1v) is 13.9. The number of aliphatic carboxylic acids is 1. The number of rotatable bonds is 17. The van der Waals surface area contributed by atoms with Crippen LogP contribution in [0.15, 0.2) is 54.6 Å². The molecule has 0 saturated heterocycles. The van der Waals surface area contributed by atoms with Gasteiger partial charge in [-0.15, -0.1) is 0 Å². The summed E-state index contributed by atoms with van der Waals surface area (Å²) in [7, 11) is 0. The minimum absolute atomic E-state index is 0.00370. The van der Waals surface area contributed by atoms with Gasteiger partial charge in [0.15, 0.2) is 0 Å². The average molecular weight is 570 g/mol. The molecule has 2 aromatic rings. The summed E-state index contributed by atoms with van der Waals surface area (Å²) < 4.78 is 0. The number of phenolic OH excluding ortho intramolecular Hbond substituents is 1. The molecule has 9 N–H and O–H groups in total. The van der Waals surface area contributed by atoms with E-state index in [2.05, 4.69) is 16.0 Å². The van der Waals surface area contributed by atoms with Gasteiger partial charge in [0.05, 0.1) is 6.04 Å². The number of hydrogen-bond acceptors (Lipinski definition) is 7. The quantitative estimate of drug-likeness (QED) is 0.138. The molecule has 0 aliphatic carbocycles. The number of phenols is 1. The topological polar surface area (TPSA) is 197 Å². The second-order valence-electron chi connectivity index (χ2n) is 10.6. The van der Waals surface area contributed by atoms with Crippen molar-refractivity contribution < 1.29 is 29.4 Å². The van der Waals surface area contributed by atoms with Crippen molar-refractivity contribution >= 4 is 23.7 Å². The van der Waals surface area contributed by atoms with Gasteiger partial charge in [0.2, 0.25) is 17.7 Å². The average Bonchev–Trinajstić information content (AvgIpc) is 2.93. The van der Waals surface area contributed by atoms with Crippen LogP contribution >= 0.6 is 0 Å². The number of unbranched alkanes of at least 4 members (excludes halogenated alkanes) is 1. The van der Waals surface area contributed by atoms with E-state index in [9.17, 15) is 29.4 Å². The van der Waals surface area contributed by atoms with Crippen LogP contribution in [0.2, 0.25) is 0 Å². The van der Waals surface area contributed by atoms with E-state index in [4.69, 9.17) is 11.5 Å². The fourth-order valence-electron chi connectivity index (χ4n) is 4.31. The molecule has 0 spiro atoms. The number of carboxylic acids is 1. The van der Waals surface area contributed by atoms with E-state index >= 15 is 0 Å². The highest BCUT2D eigenvalue weighted by Gasteiger charge is 2.31. The SMILES string of the molecule is CC(C)CC(NC(=O)C(Cc1ccc(O)cc1)NC(=O)C(N)Cc1ccccc1)C(=O)NC(CCCCN)C(=O)O.